The summed E-state index contributed by atoms with van der Waals surface area (Å²) in [6.45, 7) is 9.37. The molecule has 2 rings (SSSR count). The van der Waals surface area contributed by atoms with E-state index in [1.807, 2.05) is 27.8 Å². The molecular weight excluding hydrogens is 318 g/mol. The first-order valence-electron chi connectivity index (χ1n) is 7.88. The number of carbonyl (C=O) groups excluding carboxylic acids is 1. The first-order valence-corrected chi connectivity index (χ1v) is 8.25. The number of piperidine rings is 1. The third-order valence-corrected chi connectivity index (χ3v) is 4.40. The summed E-state index contributed by atoms with van der Waals surface area (Å²) in [4.78, 5) is 18.1. The number of likely N-dealkylation sites (tertiary alicyclic amines) is 1. The van der Waals surface area contributed by atoms with Crippen LogP contribution in [0.15, 0.2) is 6.20 Å². The molecule has 0 radical (unpaired) electrons. The number of hydrogen-bond acceptors (Lipinski definition) is 4. The number of imidazole rings is 1. The van der Waals surface area contributed by atoms with Gasteiger partial charge >= 0.3 is 6.09 Å². The molecule has 6 nitrogen and oxygen atoms in total. The average molecular weight is 344 g/mol. The van der Waals surface area contributed by atoms with Crippen LogP contribution in [0.2, 0.25) is 5.15 Å². The Morgan fingerprint density at radius 1 is 1.39 bits per heavy atom. The van der Waals surface area contributed by atoms with E-state index in [0.717, 1.165) is 18.7 Å². The molecule has 1 aliphatic heterocycles. The number of aromatic nitrogens is 2. The molecule has 130 valence electrons. The van der Waals surface area contributed by atoms with Crippen LogP contribution in [0, 0.1) is 0 Å². The quantitative estimate of drug-likeness (QED) is 0.844. The van der Waals surface area contributed by atoms with E-state index in [1.165, 1.54) is 0 Å². The van der Waals surface area contributed by atoms with Crippen LogP contribution in [0.3, 0.4) is 0 Å². The first kappa shape index (κ1) is 18.1. The molecule has 0 aliphatic carbocycles. The SMILES string of the molecule is Cn1c(Cl)cnc1COC1(C)CCN(C(=O)OC(C)(C)C)CC1. The Balaban J connectivity index is 1.85. The van der Waals surface area contributed by atoms with Crippen molar-refractivity contribution in [1.82, 2.24) is 14.5 Å². The van der Waals surface area contributed by atoms with Crippen LogP contribution in [0.25, 0.3) is 0 Å². The van der Waals surface area contributed by atoms with Crippen molar-refractivity contribution in [2.45, 2.75) is 58.3 Å². The van der Waals surface area contributed by atoms with Crippen molar-refractivity contribution in [3.63, 3.8) is 0 Å². The highest BCUT2D eigenvalue weighted by molar-refractivity contribution is 6.29. The fourth-order valence-electron chi connectivity index (χ4n) is 2.43. The predicted molar refractivity (Wildman–Crippen MR) is 88.5 cm³/mol. The molecule has 0 N–H and O–H groups in total. The van der Waals surface area contributed by atoms with Gasteiger partial charge in [-0.05, 0) is 40.5 Å². The minimum Gasteiger partial charge on any atom is -0.444 e. The lowest BCUT2D eigenvalue weighted by Gasteiger charge is -2.39. The Morgan fingerprint density at radius 2 is 2.00 bits per heavy atom. The van der Waals surface area contributed by atoms with Crippen LogP contribution < -0.4 is 0 Å². The highest BCUT2D eigenvalue weighted by Gasteiger charge is 2.34. The molecule has 0 aromatic carbocycles. The van der Waals surface area contributed by atoms with Gasteiger partial charge in [-0.3, -0.25) is 0 Å². The summed E-state index contributed by atoms with van der Waals surface area (Å²) in [5, 5.41) is 0.591. The topological polar surface area (TPSA) is 56.6 Å². The van der Waals surface area contributed by atoms with Crippen LogP contribution >= 0.6 is 11.6 Å². The normalized spacial score (nSPS) is 18.1. The number of nitrogens with zero attached hydrogens (tertiary/aromatic N) is 3. The maximum atomic E-state index is 12.1. The van der Waals surface area contributed by atoms with E-state index in [0.29, 0.717) is 24.8 Å². The molecule has 1 aromatic heterocycles. The molecule has 1 fully saturated rings. The van der Waals surface area contributed by atoms with Gasteiger partial charge in [-0.25, -0.2) is 9.78 Å². The number of halogens is 1. The Labute approximate surface area is 142 Å². The summed E-state index contributed by atoms with van der Waals surface area (Å²) < 4.78 is 13.3. The zero-order valence-corrected chi connectivity index (χ0v) is 15.3. The van der Waals surface area contributed by atoms with Crippen molar-refractivity contribution in [3.05, 3.63) is 17.2 Å². The molecule has 2 heterocycles. The molecule has 0 spiro atoms. The average Bonchev–Trinajstić information content (AvgIpc) is 2.75. The number of ether oxygens (including phenoxy) is 2. The van der Waals surface area contributed by atoms with Crippen molar-refractivity contribution in [3.8, 4) is 0 Å². The van der Waals surface area contributed by atoms with Gasteiger partial charge in [-0.1, -0.05) is 11.6 Å². The van der Waals surface area contributed by atoms with E-state index in [2.05, 4.69) is 11.9 Å². The van der Waals surface area contributed by atoms with Gasteiger partial charge in [0.2, 0.25) is 0 Å². The first-order chi connectivity index (χ1) is 10.6. The van der Waals surface area contributed by atoms with Crippen molar-refractivity contribution in [2.24, 2.45) is 7.05 Å². The van der Waals surface area contributed by atoms with E-state index < -0.39 is 5.60 Å². The lowest BCUT2D eigenvalue weighted by Crippen LogP contribution is -2.47. The summed E-state index contributed by atoms with van der Waals surface area (Å²) in [5.74, 6) is 0.797. The van der Waals surface area contributed by atoms with Gasteiger partial charge in [0, 0.05) is 20.1 Å². The van der Waals surface area contributed by atoms with Crippen LogP contribution in [-0.2, 0) is 23.1 Å². The third kappa shape index (κ3) is 4.85. The van der Waals surface area contributed by atoms with Gasteiger partial charge < -0.3 is 18.9 Å². The van der Waals surface area contributed by atoms with E-state index in [9.17, 15) is 4.79 Å². The summed E-state index contributed by atoms with van der Waals surface area (Å²) in [7, 11) is 1.86. The summed E-state index contributed by atoms with van der Waals surface area (Å²) in [6, 6.07) is 0. The minimum atomic E-state index is -0.466. The lowest BCUT2D eigenvalue weighted by atomic mass is 9.93. The lowest BCUT2D eigenvalue weighted by molar-refractivity contribution is -0.0836. The number of rotatable bonds is 3. The molecule has 0 bridgehead atoms. The Kier molecular flexibility index (Phi) is 5.26. The Bertz CT molecular complexity index is 557. The second-order valence-corrected chi connectivity index (χ2v) is 7.65. The smallest absolute Gasteiger partial charge is 0.410 e. The standard InChI is InChI=1S/C16H26ClN3O3/c1-15(2,3)23-14(21)20-8-6-16(4,7-9-20)22-11-13-18-10-12(17)19(13)5/h10H,6-9,11H2,1-5H3. The van der Waals surface area contributed by atoms with Crippen LogP contribution in [0.4, 0.5) is 4.79 Å². The number of carbonyl (C=O) groups is 1. The van der Waals surface area contributed by atoms with Gasteiger partial charge in [0.05, 0.1) is 11.8 Å². The highest BCUT2D eigenvalue weighted by Crippen LogP contribution is 2.28. The fourth-order valence-corrected chi connectivity index (χ4v) is 2.58. The second-order valence-electron chi connectivity index (χ2n) is 7.26. The summed E-state index contributed by atoms with van der Waals surface area (Å²) >= 11 is 5.98. The van der Waals surface area contributed by atoms with E-state index in [-0.39, 0.29) is 11.7 Å². The number of amides is 1. The Morgan fingerprint density at radius 3 is 2.48 bits per heavy atom. The molecule has 1 amide bonds. The second kappa shape index (κ2) is 6.69. The molecule has 1 aliphatic rings. The Hall–Kier alpha value is -1.27. The highest BCUT2D eigenvalue weighted by atomic mass is 35.5. The van der Waals surface area contributed by atoms with Gasteiger partial charge in [0.15, 0.2) is 0 Å². The van der Waals surface area contributed by atoms with Gasteiger partial charge in [0.1, 0.15) is 23.2 Å². The van der Waals surface area contributed by atoms with Gasteiger partial charge in [0.25, 0.3) is 0 Å². The van der Waals surface area contributed by atoms with E-state index in [1.54, 1.807) is 15.7 Å². The molecule has 1 saturated heterocycles. The monoisotopic (exact) mass is 343 g/mol. The van der Waals surface area contributed by atoms with Crippen molar-refractivity contribution in [1.29, 1.82) is 0 Å². The number of hydrogen-bond donors (Lipinski definition) is 0. The van der Waals surface area contributed by atoms with Crippen LogP contribution in [-0.4, -0.2) is 44.8 Å². The van der Waals surface area contributed by atoms with E-state index >= 15 is 0 Å². The molecule has 0 saturated carbocycles. The predicted octanol–water partition coefficient (Wildman–Crippen LogP) is 3.38. The molecule has 7 heteroatoms. The van der Waals surface area contributed by atoms with Gasteiger partial charge in [-0.2, -0.15) is 0 Å². The van der Waals surface area contributed by atoms with Crippen LogP contribution in [0.1, 0.15) is 46.4 Å². The fraction of sp³-hybridized carbons (Fsp3) is 0.750. The molecular formula is C16H26ClN3O3. The summed E-state index contributed by atoms with van der Waals surface area (Å²) in [5.41, 5.74) is -0.733. The minimum absolute atomic E-state index is 0.254. The molecule has 0 atom stereocenters. The van der Waals surface area contributed by atoms with Crippen LogP contribution in [0.5, 0.6) is 0 Å². The van der Waals surface area contributed by atoms with Gasteiger partial charge in [-0.15, -0.1) is 0 Å². The maximum absolute atomic E-state index is 12.1. The molecule has 1 aromatic rings. The van der Waals surface area contributed by atoms with Crippen molar-refractivity contribution < 1.29 is 14.3 Å². The molecule has 23 heavy (non-hydrogen) atoms. The largest absolute Gasteiger partial charge is 0.444 e. The molecule has 0 unspecified atom stereocenters. The third-order valence-electron chi connectivity index (χ3n) is 4.05. The van der Waals surface area contributed by atoms with E-state index in [4.69, 9.17) is 21.1 Å². The van der Waals surface area contributed by atoms with Crippen molar-refractivity contribution >= 4 is 17.7 Å². The maximum Gasteiger partial charge on any atom is 0.410 e. The zero-order chi connectivity index (χ0) is 17.3. The van der Waals surface area contributed by atoms with Crippen molar-refractivity contribution in [2.75, 3.05) is 13.1 Å². The summed E-state index contributed by atoms with van der Waals surface area (Å²) in [6.07, 6.45) is 2.90. The zero-order valence-electron chi connectivity index (χ0n) is 14.6.